The number of aromatic nitrogens is 2. The first-order valence-corrected chi connectivity index (χ1v) is 8.22. The highest BCUT2D eigenvalue weighted by Crippen LogP contribution is 2.42. The Morgan fingerprint density at radius 1 is 1.33 bits per heavy atom. The summed E-state index contributed by atoms with van der Waals surface area (Å²) in [6, 6.07) is 9.58. The molecule has 2 N–H and O–H groups in total. The third-order valence-corrected chi connectivity index (χ3v) is 4.18. The van der Waals surface area contributed by atoms with E-state index in [9.17, 15) is 9.59 Å². The van der Waals surface area contributed by atoms with Gasteiger partial charge in [-0.2, -0.15) is 5.10 Å². The minimum absolute atomic E-state index is 0.0419. The number of hydrogen-bond donors (Lipinski definition) is 2. The van der Waals surface area contributed by atoms with Crippen molar-refractivity contribution in [3.05, 3.63) is 47.8 Å². The van der Waals surface area contributed by atoms with Crippen LogP contribution in [-0.2, 0) is 4.79 Å². The second kappa shape index (κ2) is 6.86. The van der Waals surface area contributed by atoms with E-state index in [0.29, 0.717) is 17.9 Å². The molecule has 1 aromatic carbocycles. The SMILES string of the molecule is CC(CCC(=O)O)NC(=O)c1cnn(-c2ccccc2)c1C1CC1. The summed E-state index contributed by atoms with van der Waals surface area (Å²) in [5, 5.41) is 16.0. The Hall–Kier alpha value is -2.63. The van der Waals surface area contributed by atoms with Gasteiger partial charge < -0.3 is 10.4 Å². The highest BCUT2D eigenvalue weighted by molar-refractivity contribution is 5.95. The van der Waals surface area contributed by atoms with Crippen molar-refractivity contribution >= 4 is 11.9 Å². The smallest absolute Gasteiger partial charge is 0.303 e. The van der Waals surface area contributed by atoms with Gasteiger partial charge in [0.1, 0.15) is 0 Å². The predicted molar refractivity (Wildman–Crippen MR) is 89.3 cm³/mol. The fourth-order valence-electron chi connectivity index (χ4n) is 2.77. The van der Waals surface area contributed by atoms with E-state index < -0.39 is 5.97 Å². The number of rotatable bonds is 7. The summed E-state index contributed by atoms with van der Waals surface area (Å²) in [5.41, 5.74) is 2.48. The summed E-state index contributed by atoms with van der Waals surface area (Å²) in [6.07, 6.45) is 4.19. The van der Waals surface area contributed by atoms with Crippen LogP contribution in [0.1, 0.15) is 54.6 Å². The number of amides is 1. The Morgan fingerprint density at radius 3 is 2.67 bits per heavy atom. The maximum absolute atomic E-state index is 12.6. The van der Waals surface area contributed by atoms with Gasteiger partial charge in [-0.25, -0.2) is 4.68 Å². The summed E-state index contributed by atoms with van der Waals surface area (Å²) < 4.78 is 1.84. The number of hydrogen-bond acceptors (Lipinski definition) is 3. The molecule has 1 heterocycles. The average Bonchev–Trinajstić information content (AvgIpc) is 3.31. The molecule has 1 fully saturated rings. The lowest BCUT2D eigenvalue weighted by Gasteiger charge is -2.13. The molecule has 126 valence electrons. The molecule has 24 heavy (non-hydrogen) atoms. The van der Waals surface area contributed by atoms with Gasteiger partial charge in [-0.15, -0.1) is 0 Å². The van der Waals surface area contributed by atoms with Gasteiger partial charge in [-0.05, 0) is 38.3 Å². The molecular formula is C18H21N3O3. The minimum Gasteiger partial charge on any atom is -0.481 e. The van der Waals surface area contributed by atoms with Crippen molar-refractivity contribution in [1.29, 1.82) is 0 Å². The predicted octanol–water partition coefficient (Wildman–Crippen LogP) is 2.73. The van der Waals surface area contributed by atoms with Gasteiger partial charge in [0.15, 0.2) is 0 Å². The fraction of sp³-hybridized carbons (Fsp3) is 0.389. The number of benzene rings is 1. The third kappa shape index (κ3) is 3.64. The molecule has 0 saturated heterocycles. The molecule has 6 heteroatoms. The second-order valence-electron chi connectivity index (χ2n) is 6.27. The van der Waals surface area contributed by atoms with Crippen molar-refractivity contribution in [2.45, 2.75) is 44.6 Å². The van der Waals surface area contributed by atoms with Gasteiger partial charge in [0.05, 0.1) is 23.1 Å². The van der Waals surface area contributed by atoms with Crippen molar-refractivity contribution in [3.8, 4) is 5.69 Å². The zero-order valence-electron chi connectivity index (χ0n) is 13.6. The molecule has 6 nitrogen and oxygen atoms in total. The zero-order chi connectivity index (χ0) is 17.1. The van der Waals surface area contributed by atoms with Gasteiger partial charge in [0.2, 0.25) is 0 Å². The summed E-state index contributed by atoms with van der Waals surface area (Å²) in [5.74, 6) is -0.675. The summed E-state index contributed by atoms with van der Waals surface area (Å²) >= 11 is 0. The van der Waals surface area contributed by atoms with Crippen LogP contribution in [0.5, 0.6) is 0 Å². The first-order chi connectivity index (χ1) is 11.6. The van der Waals surface area contributed by atoms with E-state index in [0.717, 1.165) is 24.2 Å². The number of para-hydroxylation sites is 1. The molecule has 1 aromatic heterocycles. The highest BCUT2D eigenvalue weighted by Gasteiger charge is 2.33. The molecule has 1 aliphatic rings. The quantitative estimate of drug-likeness (QED) is 0.819. The van der Waals surface area contributed by atoms with Crippen LogP contribution in [0.2, 0.25) is 0 Å². The monoisotopic (exact) mass is 327 g/mol. The van der Waals surface area contributed by atoms with E-state index in [2.05, 4.69) is 10.4 Å². The largest absolute Gasteiger partial charge is 0.481 e. The molecule has 0 spiro atoms. The van der Waals surface area contributed by atoms with Crippen molar-refractivity contribution in [2.24, 2.45) is 0 Å². The van der Waals surface area contributed by atoms with Crippen LogP contribution < -0.4 is 5.32 Å². The van der Waals surface area contributed by atoms with Crippen LogP contribution >= 0.6 is 0 Å². The standard InChI is InChI=1S/C18H21N3O3/c1-12(7-10-16(22)23)20-18(24)15-11-19-21(17(15)13-8-9-13)14-5-3-2-4-6-14/h2-6,11-13H,7-10H2,1H3,(H,20,24)(H,22,23). The van der Waals surface area contributed by atoms with Crippen molar-refractivity contribution in [2.75, 3.05) is 0 Å². The Balaban J connectivity index is 1.80. The number of carbonyl (C=O) groups is 2. The van der Waals surface area contributed by atoms with Gasteiger partial charge in [-0.1, -0.05) is 18.2 Å². The van der Waals surface area contributed by atoms with E-state index in [1.165, 1.54) is 0 Å². The van der Waals surface area contributed by atoms with Crippen molar-refractivity contribution in [1.82, 2.24) is 15.1 Å². The molecule has 1 atom stereocenters. The Bertz CT molecular complexity index is 735. The van der Waals surface area contributed by atoms with Crippen LogP contribution in [0.4, 0.5) is 0 Å². The third-order valence-electron chi connectivity index (χ3n) is 4.18. The molecule has 1 amide bonds. The average molecular weight is 327 g/mol. The first kappa shape index (κ1) is 16.2. The molecule has 0 bridgehead atoms. The fourth-order valence-corrected chi connectivity index (χ4v) is 2.77. The molecule has 2 aromatic rings. The number of aliphatic carboxylic acids is 1. The lowest BCUT2D eigenvalue weighted by Crippen LogP contribution is -2.33. The van der Waals surface area contributed by atoms with Crippen LogP contribution in [0.25, 0.3) is 5.69 Å². The number of nitrogens with one attached hydrogen (secondary N) is 1. The highest BCUT2D eigenvalue weighted by atomic mass is 16.4. The summed E-state index contributed by atoms with van der Waals surface area (Å²) in [4.78, 5) is 23.2. The Kier molecular flexibility index (Phi) is 4.64. The molecule has 1 saturated carbocycles. The van der Waals surface area contributed by atoms with E-state index in [4.69, 9.17) is 5.11 Å². The Morgan fingerprint density at radius 2 is 2.04 bits per heavy atom. The Labute approximate surface area is 140 Å². The first-order valence-electron chi connectivity index (χ1n) is 8.22. The number of nitrogens with zero attached hydrogens (tertiary/aromatic N) is 2. The lowest BCUT2D eigenvalue weighted by molar-refractivity contribution is -0.137. The maximum Gasteiger partial charge on any atom is 0.303 e. The van der Waals surface area contributed by atoms with Crippen LogP contribution in [0, 0.1) is 0 Å². The maximum atomic E-state index is 12.6. The van der Waals surface area contributed by atoms with E-state index in [-0.39, 0.29) is 18.4 Å². The van der Waals surface area contributed by atoms with Crippen molar-refractivity contribution in [3.63, 3.8) is 0 Å². The van der Waals surface area contributed by atoms with Crippen LogP contribution in [-0.4, -0.2) is 32.8 Å². The molecule has 0 aliphatic heterocycles. The van der Waals surface area contributed by atoms with Crippen LogP contribution in [0.3, 0.4) is 0 Å². The van der Waals surface area contributed by atoms with E-state index in [1.54, 1.807) is 6.20 Å². The van der Waals surface area contributed by atoms with Gasteiger partial charge in [0.25, 0.3) is 5.91 Å². The summed E-state index contributed by atoms with van der Waals surface area (Å²) in [7, 11) is 0. The number of carboxylic acids is 1. The van der Waals surface area contributed by atoms with Crippen molar-refractivity contribution < 1.29 is 14.7 Å². The van der Waals surface area contributed by atoms with Gasteiger partial charge >= 0.3 is 5.97 Å². The summed E-state index contributed by atoms with van der Waals surface area (Å²) in [6.45, 7) is 1.82. The van der Waals surface area contributed by atoms with E-state index in [1.807, 2.05) is 41.9 Å². The molecule has 0 radical (unpaired) electrons. The molecule has 1 aliphatic carbocycles. The normalized spacial score (nSPS) is 15.0. The molecule has 1 unspecified atom stereocenters. The molecular weight excluding hydrogens is 306 g/mol. The van der Waals surface area contributed by atoms with E-state index >= 15 is 0 Å². The minimum atomic E-state index is -0.855. The van der Waals surface area contributed by atoms with Gasteiger partial charge in [0, 0.05) is 18.4 Å². The zero-order valence-corrected chi connectivity index (χ0v) is 13.6. The number of carboxylic acid groups (broad SMARTS) is 1. The second-order valence-corrected chi connectivity index (χ2v) is 6.27. The van der Waals surface area contributed by atoms with Crippen LogP contribution in [0.15, 0.2) is 36.5 Å². The number of carbonyl (C=O) groups excluding carboxylic acids is 1. The topological polar surface area (TPSA) is 84.2 Å². The molecule has 3 rings (SSSR count). The lowest BCUT2D eigenvalue weighted by atomic mass is 10.1. The van der Waals surface area contributed by atoms with Gasteiger partial charge in [-0.3, -0.25) is 9.59 Å².